The molecule has 1 atom stereocenters. The summed E-state index contributed by atoms with van der Waals surface area (Å²) in [6.45, 7) is 11.3. The summed E-state index contributed by atoms with van der Waals surface area (Å²) in [5, 5.41) is 1.25. The normalized spacial score (nSPS) is 20.5. The van der Waals surface area contributed by atoms with Gasteiger partial charge in [0.25, 0.3) is 10.0 Å². The van der Waals surface area contributed by atoms with Gasteiger partial charge in [-0.25, -0.2) is 8.42 Å². The Balaban J connectivity index is 1.61. The number of rotatable bonds is 7. The lowest BCUT2D eigenvalue weighted by molar-refractivity contribution is -0.155. The molecule has 2 aromatic rings. The second-order valence-electron chi connectivity index (χ2n) is 11.1. The van der Waals surface area contributed by atoms with E-state index >= 15 is 0 Å². The average molecular weight is 570 g/mol. The van der Waals surface area contributed by atoms with Crippen molar-refractivity contribution in [3.63, 3.8) is 0 Å². The van der Waals surface area contributed by atoms with Gasteiger partial charge in [-0.3, -0.25) is 9.59 Å². The van der Waals surface area contributed by atoms with Gasteiger partial charge in [0.1, 0.15) is 22.4 Å². The summed E-state index contributed by atoms with van der Waals surface area (Å²) in [4.78, 5) is 30.7. The molecule has 0 bridgehead atoms. The minimum atomic E-state index is -4.16. The highest BCUT2D eigenvalue weighted by atomic mass is 35.5. The van der Waals surface area contributed by atoms with Gasteiger partial charge in [-0.2, -0.15) is 4.31 Å². The van der Waals surface area contributed by atoms with Gasteiger partial charge in [0.2, 0.25) is 5.91 Å². The molecule has 2 aliphatic heterocycles. The van der Waals surface area contributed by atoms with Gasteiger partial charge in [0.15, 0.2) is 0 Å². The maximum absolute atomic E-state index is 13.9. The van der Waals surface area contributed by atoms with Gasteiger partial charge in [-0.05, 0) is 77.5 Å². The Bertz CT molecular complexity index is 1260. The molecule has 0 aliphatic carbocycles. The molecule has 3 heterocycles. The number of thiophene rings is 1. The first-order valence-corrected chi connectivity index (χ1v) is 15.4. The van der Waals surface area contributed by atoms with Crippen LogP contribution in [-0.4, -0.2) is 84.3 Å². The van der Waals surface area contributed by atoms with Crippen molar-refractivity contribution in [3.05, 3.63) is 29.3 Å². The lowest BCUT2D eigenvalue weighted by Gasteiger charge is -2.38. The number of carbonyl (C=O) groups is 2. The number of benzene rings is 1. The molecular weight excluding hydrogens is 534 g/mol. The summed E-state index contributed by atoms with van der Waals surface area (Å²) in [5.41, 5.74) is -0.781. The van der Waals surface area contributed by atoms with E-state index in [1.165, 1.54) is 0 Å². The number of fused-ring (bicyclic) bond motifs is 1. The van der Waals surface area contributed by atoms with Crippen LogP contribution in [0.4, 0.5) is 0 Å². The van der Waals surface area contributed by atoms with E-state index in [0.717, 1.165) is 51.7 Å². The Morgan fingerprint density at radius 1 is 1.16 bits per heavy atom. The largest absolute Gasteiger partial charge is 0.459 e. The number of esters is 1. The molecule has 0 N–H and O–H groups in total. The smallest absolute Gasteiger partial charge is 0.321 e. The third-order valence-electron chi connectivity index (χ3n) is 6.96. The van der Waals surface area contributed by atoms with E-state index in [2.05, 4.69) is 18.7 Å². The highest BCUT2D eigenvalue weighted by Gasteiger charge is 2.46. The maximum atomic E-state index is 13.9. The van der Waals surface area contributed by atoms with Crippen LogP contribution < -0.4 is 0 Å². The highest BCUT2D eigenvalue weighted by molar-refractivity contribution is 7.91. The molecule has 4 rings (SSSR count). The maximum Gasteiger partial charge on any atom is 0.321 e. The van der Waals surface area contributed by atoms with E-state index in [0.29, 0.717) is 24.0 Å². The van der Waals surface area contributed by atoms with E-state index in [4.69, 9.17) is 16.3 Å². The monoisotopic (exact) mass is 569 g/mol. The molecule has 1 aromatic carbocycles. The molecule has 8 nitrogen and oxygen atoms in total. The molecule has 1 amide bonds. The van der Waals surface area contributed by atoms with Gasteiger partial charge in [0.05, 0.1) is 0 Å². The second kappa shape index (κ2) is 10.8. The zero-order valence-corrected chi connectivity index (χ0v) is 24.5. The number of likely N-dealkylation sites (tertiary alicyclic amines) is 2. The van der Waals surface area contributed by atoms with Crippen LogP contribution in [0.2, 0.25) is 5.02 Å². The first kappa shape index (κ1) is 28.3. The van der Waals surface area contributed by atoms with Crippen molar-refractivity contribution in [2.45, 2.75) is 81.8 Å². The third kappa shape index (κ3) is 6.30. The molecule has 0 saturated carbocycles. The number of halogens is 1. The molecule has 2 aliphatic rings. The van der Waals surface area contributed by atoms with Crippen LogP contribution in [0.5, 0.6) is 0 Å². The van der Waals surface area contributed by atoms with Crippen LogP contribution in [-0.2, 0) is 24.3 Å². The zero-order chi connectivity index (χ0) is 27.1. The van der Waals surface area contributed by atoms with Crippen molar-refractivity contribution < 1.29 is 22.7 Å². The number of sulfonamides is 1. The summed E-state index contributed by atoms with van der Waals surface area (Å²) in [6, 6.07) is 6.33. The van der Waals surface area contributed by atoms with Crippen LogP contribution in [0.15, 0.2) is 28.5 Å². The molecule has 204 valence electrons. The van der Waals surface area contributed by atoms with Crippen LogP contribution in [0.1, 0.15) is 53.9 Å². The van der Waals surface area contributed by atoms with Gasteiger partial charge < -0.3 is 14.5 Å². The van der Waals surface area contributed by atoms with Gasteiger partial charge in [-0.15, -0.1) is 11.3 Å². The topological polar surface area (TPSA) is 87.2 Å². The molecule has 11 heteroatoms. The van der Waals surface area contributed by atoms with Crippen molar-refractivity contribution in [3.8, 4) is 0 Å². The summed E-state index contributed by atoms with van der Waals surface area (Å²) < 4.78 is 35.2. The predicted molar refractivity (Wildman–Crippen MR) is 146 cm³/mol. The fourth-order valence-corrected chi connectivity index (χ4v) is 8.48. The molecular formula is C26H36ClN3O5S2. The minimum absolute atomic E-state index is 0.0739. The van der Waals surface area contributed by atoms with Crippen molar-refractivity contribution in [2.75, 3.05) is 26.2 Å². The second-order valence-corrected chi connectivity index (χ2v) is 14.7. The zero-order valence-electron chi connectivity index (χ0n) is 22.1. The lowest BCUT2D eigenvalue weighted by Crippen LogP contribution is -2.51. The molecule has 0 radical (unpaired) electrons. The van der Waals surface area contributed by atoms with Crippen molar-refractivity contribution in [2.24, 2.45) is 0 Å². The number of ether oxygens (including phenoxy) is 1. The number of piperidine rings is 1. The van der Waals surface area contributed by atoms with Crippen LogP contribution in [0.3, 0.4) is 0 Å². The Kier molecular flexibility index (Phi) is 8.26. The standard InChI is InChI=1S/C26H36ClN3O5S2/c1-17(2)28-11-8-20(9-12-28)29-13-10-21(25(29)32)30(16-23(31)35-26(3,4)5)37(33,34)24-14-18-6-7-19(27)15-22(18)36-24/h6-7,14-15,17,20-21H,8-13,16H2,1-5H3/t21-/m0/s1. The van der Waals surface area contributed by atoms with E-state index in [1.807, 2.05) is 4.90 Å². The van der Waals surface area contributed by atoms with Crippen LogP contribution in [0.25, 0.3) is 10.1 Å². The molecule has 2 fully saturated rings. The minimum Gasteiger partial charge on any atom is -0.459 e. The van der Waals surface area contributed by atoms with E-state index in [1.54, 1.807) is 45.0 Å². The van der Waals surface area contributed by atoms with Gasteiger partial charge in [0, 0.05) is 41.4 Å². The fourth-order valence-electron chi connectivity index (χ4n) is 5.12. The Hall–Kier alpha value is -1.72. The lowest BCUT2D eigenvalue weighted by atomic mass is 10.0. The van der Waals surface area contributed by atoms with Crippen LogP contribution in [0, 0.1) is 0 Å². The number of carbonyl (C=O) groups excluding carboxylic acids is 2. The molecule has 2 saturated heterocycles. The number of nitrogens with zero attached hydrogens (tertiary/aromatic N) is 3. The Morgan fingerprint density at radius 3 is 2.46 bits per heavy atom. The van der Waals surface area contributed by atoms with Crippen molar-refractivity contribution in [1.82, 2.24) is 14.1 Å². The van der Waals surface area contributed by atoms with Gasteiger partial charge in [-0.1, -0.05) is 17.7 Å². The van der Waals surface area contributed by atoms with Crippen LogP contribution >= 0.6 is 22.9 Å². The quantitative estimate of drug-likeness (QED) is 0.460. The predicted octanol–water partition coefficient (Wildman–Crippen LogP) is 4.36. The summed E-state index contributed by atoms with van der Waals surface area (Å²) in [5.74, 6) is -0.920. The van der Waals surface area contributed by atoms with E-state index in [-0.39, 0.29) is 16.2 Å². The Labute approximate surface area is 228 Å². The van der Waals surface area contributed by atoms with Crippen molar-refractivity contribution >= 4 is 54.9 Å². The fraction of sp³-hybridized carbons (Fsp3) is 0.615. The molecule has 0 spiro atoms. The molecule has 0 unspecified atom stereocenters. The number of amides is 1. The summed E-state index contributed by atoms with van der Waals surface area (Å²) >= 11 is 7.19. The first-order chi connectivity index (χ1) is 17.3. The van der Waals surface area contributed by atoms with E-state index in [9.17, 15) is 18.0 Å². The molecule has 37 heavy (non-hydrogen) atoms. The summed E-state index contributed by atoms with van der Waals surface area (Å²) in [6.07, 6.45) is 2.04. The average Bonchev–Trinajstić information content (AvgIpc) is 3.40. The summed E-state index contributed by atoms with van der Waals surface area (Å²) in [7, 11) is -4.16. The number of hydrogen-bond acceptors (Lipinski definition) is 7. The van der Waals surface area contributed by atoms with Crippen molar-refractivity contribution in [1.29, 1.82) is 0 Å². The third-order valence-corrected chi connectivity index (χ3v) is 10.6. The first-order valence-electron chi connectivity index (χ1n) is 12.7. The number of hydrogen-bond donors (Lipinski definition) is 0. The Morgan fingerprint density at radius 2 is 1.84 bits per heavy atom. The SMILES string of the molecule is CC(C)N1CCC(N2CC[C@H](N(CC(=O)OC(C)(C)C)S(=O)(=O)c3cc4ccc(Cl)cc4s3)C2=O)CC1. The van der Waals surface area contributed by atoms with Gasteiger partial charge >= 0.3 is 5.97 Å². The molecule has 1 aromatic heterocycles. The van der Waals surface area contributed by atoms with E-state index < -0.39 is 34.2 Å². The highest BCUT2D eigenvalue weighted by Crippen LogP contribution is 2.35.